The monoisotopic (exact) mass is 533 g/mol. The first-order valence-corrected chi connectivity index (χ1v) is 13.4. The number of hydrogen-bond acceptors (Lipinski definition) is 11. The van der Waals surface area contributed by atoms with Gasteiger partial charge in [-0.2, -0.15) is 0 Å². The van der Waals surface area contributed by atoms with E-state index in [4.69, 9.17) is 19.4 Å². The summed E-state index contributed by atoms with van der Waals surface area (Å²) >= 11 is 1.68. The van der Waals surface area contributed by atoms with Crippen LogP contribution in [-0.4, -0.2) is 80.0 Å². The Labute approximate surface area is 225 Å². The van der Waals surface area contributed by atoms with Crippen LogP contribution in [0.4, 0.5) is 17.5 Å². The van der Waals surface area contributed by atoms with Crippen molar-refractivity contribution in [2.24, 2.45) is 0 Å². The van der Waals surface area contributed by atoms with Crippen LogP contribution in [0.5, 0.6) is 0 Å². The Balaban J connectivity index is 1.47. The molecule has 10 nitrogen and oxygen atoms in total. The van der Waals surface area contributed by atoms with Crippen LogP contribution in [0.1, 0.15) is 22.2 Å². The van der Waals surface area contributed by atoms with E-state index >= 15 is 0 Å². The number of rotatable bonds is 8. The molecule has 0 radical (unpaired) electrons. The number of benzene rings is 1. The Kier molecular flexibility index (Phi) is 7.66. The highest BCUT2D eigenvalue weighted by atomic mass is 32.1. The lowest BCUT2D eigenvalue weighted by Crippen LogP contribution is -2.36. The Morgan fingerprint density at radius 1 is 1.11 bits per heavy atom. The van der Waals surface area contributed by atoms with Gasteiger partial charge in [0.25, 0.3) is 0 Å². The highest BCUT2D eigenvalue weighted by molar-refractivity contribution is 7.19. The van der Waals surface area contributed by atoms with Gasteiger partial charge in [-0.3, -0.25) is 0 Å². The highest BCUT2D eigenvalue weighted by Crippen LogP contribution is 2.35. The van der Waals surface area contributed by atoms with Gasteiger partial charge in [-0.25, -0.2) is 24.7 Å². The van der Waals surface area contributed by atoms with Crippen molar-refractivity contribution in [3.63, 3.8) is 0 Å². The number of fused-ring (bicyclic) bond motifs is 1. The molecular weight excluding hydrogens is 502 g/mol. The van der Waals surface area contributed by atoms with Crippen molar-refractivity contribution in [1.82, 2.24) is 19.9 Å². The molecule has 0 N–H and O–H groups in total. The van der Waals surface area contributed by atoms with Crippen LogP contribution < -0.4 is 14.7 Å². The zero-order chi connectivity index (χ0) is 26.6. The summed E-state index contributed by atoms with van der Waals surface area (Å²) in [5.41, 5.74) is 3.33. The van der Waals surface area contributed by atoms with Gasteiger partial charge in [0.1, 0.15) is 0 Å². The van der Waals surface area contributed by atoms with Crippen LogP contribution in [0.15, 0.2) is 42.7 Å². The predicted octanol–water partition coefficient (Wildman–Crippen LogP) is 3.86. The first kappa shape index (κ1) is 25.8. The normalized spacial score (nSPS) is 13.5. The second kappa shape index (κ2) is 11.3. The fourth-order valence-corrected chi connectivity index (χ4v) is 5.39. The van der Waals surface area contributed by atoms with Gasteiger partial charge in [-0.05, 0) is 25.1 Å². The minimum atomic E-state index is -0.424. The summed E-state index contributed by atoms with van der Waals surface area (Å²) in [6.07, 6.45) is 3.00. The summed E-state index contributed by atoms with van der Waals surface area (Å²) in [5, 5.41) is 0. The number of carbonyl (C=O) groups is 1. The van der Waals surface area contributed by atoms with E-state index in [1.165, 1.54) is 12.4 Å². The van der Waals surface area contributed by atoms with Crippen molar-refractivity contribution >= 4 is 45.0 Å². The molecule has 1 saturated heterocycles. The van der Waals surface area contributed by atoms with E-state index in [0.717, 1.165) is 45.3 Å². The number of nitrogens with zero attached hydrogens (tertiary/aromatic N) is 7. The quantitative estimate of drug-likeness (QED) is 0.311. The number of ether oxygens (including phenoxy) is 2. The molecule has 1 aromatic carbocycles. The van der Waals surface area contributed by atoms with Gasteiger partial charge in [-0.1, -0.05) is 12.1 Å². The lowest BCUT2D eigenvalue weighted by Gasteiger charge is -2.28. The van der Waals surface area contributed by atoms with E-state index in [9.17, 15) is 4.79 Å². The van der Waals surface area contributed by atoms with Gasteiger partial charge >= 0.3 is 5.97 Å². The average molecular weight is 534 g/mol. The smallest absolute Gasteiger partial charge is 0.341 e. The van der Waals surface area contributed by atoms with Crippen molar-refractivity contribution in [2.75, 3.05) is 68.8 Å². The first-order chi connectivity index (χ1) is 18.4. The van der Waals surface area contributed by atoms with Crippen molar-refractivity contribution in [2.45, 2.75) is 13.5 Å². The number of carbonyl (C=O) groups excluding carboxylic acids is 1. The Morgan fingerprint density at radius 3 is 2.58 bits per heavy atom. The minimum absolute atomic E-state index is 0.310. The molecule has 5 rings (SSSR count). The number of thiophene rings is 1. The van der Waals surface area contributed by atoms with Gasteiger partial charge in [0.2, 0.25) is 5.95 Å². The summed E-state index contributed by atoms with van der Waals surface area (Å²) < 4.78 is 11.7. The standard InChI is InChI=1S/C27H31N7O3S/c1-5-37-26(35)19-15-28-27(29-16-19)33(4)17-21-14-22-23(38-21)25(34-9-11-36-12-10-34)31-24(30-22)18-7-6-8-20(13-18)32(2)3/h6-8,13-16H,5,9-12,17H2,1-4H3. The van der Waals surface area contributed by atoms with Gasteiger partial charge < -0.3 is 24.2 Å². The molecule has 0 unspecified atom stereocenters. The molecule has 1 aliphatic rings. The third-order valence-electron chi connectivity index (χ3n) is 6.22. The molecule has 0 amide bonds. The molecule has 0 atom stereocenters. The van der Waals surface area contributed by atoms with E-state index in [0.29, 0.717) is 43.7 Å². The van der Waals surface area contributed by atoms with E-state index < -0.39 is 5.97 Å². The molecule has 11 heteroatoms. The Morgan fingerprint density at radius 2 is 1.87 bits per heavy atom. The second-order valence-corrected chi connectivity index (χ2v) is 10.3. The lowest BCUT2D eigenvalue weighted by atomic mass is 10.1. The number of anilines is 3. The zero-order valence-corrected chi connectivity index (χ0v) is 22.9. The highest BCUT2D eigenvalue weighted by Gasteiger charge is 2.21. The van der Waals surface area contributed by atoms with Crippen LogP contribution in [0, 0.1) is 0 Å². The molecule has 0 spiro atoms. The maximum absolute atomic E-state index is 11.9. The maximum atomic E-state index is 11.9. The summed E-state index contributed by atoms with van der Waals surface area (Å²) in [6.45, 7) is 5.60. The topological polar surface area (TPSA) is 96.8 Å². The third-order valence-corrected chi connectivity index (χ3v) is 7.32. The van der Waals surface area contributed by atoms with Crippen LogP contribution in [-0.2, 0) is 16.0 Å². The zero-order valence-electron chi connectivity index (χ0n) is 22.0. The van der Waals surface area contributed by atoms with Crippen molar-refractivity contribution in [3.8, 4) is 11.4 Å². The maximum Gasteiger partial charge on any atom is 0.341 e. The molecular formula is C27H31N7O3S. The van der Waals surface area contributed by atoms with Gasteiger partial charge in [0.15, 0.2) is 11.6 Å². The molecule has 4 aromatic rings. The fraction of sp³-hybridized carbons (Fsp3) is 0.370. The summed E-state index contributed by atoms with van der Waals surface area (Å²) in [6, 6.07) is 10.4. The molecule has 0 saturated carbocycles. The molecule has 1 fully saturated rings. The van der Waals surface area contributed by atoms with Gasteiger partial charge in [0, 0.05) is 62.8 Å². The second-order valence-electron chi connectivity index (χ2n) is 9.19. The number of esters is 1. The molecule has 38 heavy (non-hydrogen) atoms. The number of morpholine rings is 1. The molecule has 0 bridgehead atoms. The molecule has 4 heterocycles. The van der Waals surface area contributed by atoms with Crippen LogP contribution >= 0.6 is 11.3 Å². The summed E-state index contributed by atoms with van der Waals surface area (Å²) in [4.78, 5) is 38.1. The van der Waals surface area contributed by atoms with Crippen molar-refractivity contribution in [3.05, 3.63) is 53.2 Å². The number of hydrogen-bond donors (Lipinski definition) is 0. The van der Waals surface area contributed by atoms with Crippen molar-refractivity contribution < 1.29 is 14.3 Å². The molecule has 0 aliphatic carbocycles. The average Bonchev–Trinajstić information content (AvgIpc) is 3.35. The number of aromatic nitrogens is 4. The van der Waals surface area contributed by atoms with Crippen LogP contribution in [0.2, 0.25) is 0 Å². The first-order valence-electron chi connectivity index (χ1n) is 12.5. The SMILES string of the molecule is CCOC(=O)c1cnc(N(C)Cc2cc3nc(-c4cccc(N(C)C)c4)nc(N4CCOCC4)c3s2)nc1. The lowest BCUT2D eigenvalue weighted by molar-refractivity contribution is 0.0525. The third kappa shape index (κ3) is 5.53. The molecule has 198 valence electrons. The van der Waals surface area contributed by atoms with Crippen molar-refractivity contribution in [1.29, 1.82) is 0 Å². The summed E-state index contributed by atoms with van der Waals surface area (Å²) in [7, 11) is 5.98. The summed E-state index contributed by atoms with van der Waals surface area (Å²) in [5.74, 6) is 1.75. The minimum Gasteiger partial charge on any atom is -0.462 e. The Bertz CT molecular complexity index is 1420. The van der Waals surface area contributed by atoms with E-state index in [1.54, 1.807) is 18.3 Å². The predicted molar refractivity (Wildman–Crippen MR) is 150 cm³/mol. The van der Waals surface area contributed by atoms with Crippen LogP contribution in [0.25, 0.3) is 21.6 Å². The van der Waals surface area contributed by atoms with E-state index in [-0.39, 0.29) is 0 Å². The van der Waals surface area contributed by atoms with E-state index in [1.807, 2.05) is 32.1 Å². The fourth-order valence-electron chi connectivity index (χ4n) is 4.23. The molecule has 3 aromatic heterocycles. The Hall–Kier alpha value is -3.83. The largest absolute Gasteiger partial charge is 0.462 e. The van der Waals surface area contributed by atoms with Gasteiger partial charge in [0.05, 0.1) is 42.1 Å². The van der Waals surface area contributed by atoms with Gasteiger partial charge in [-0.15, -0.1) is 11.3 Å². The van der Waals surface area contributed by atoms with Crippen LogP contribution in [0.3, 0.4) is 0 Å². The molecule has 1 aliphatic heterocycles. The van der Waals surface area contributed by atoms with E-state index in [2.05, 4.69) is 44.0 Å².